The van der Waals surface area contributed by atoms with Crippen LogP contribution in [0.2, 0.25) is 0 Å². The Labute approximate surface area is 104 Å². The number of hydrogen-bond donors (Lipinski definition) is 2. The summed E-state index contributed by atoms with van der Waals surface area (Å²) in [4.78, 5) is 0. The first kappa shape index (κ1) is 12.0. The van der Waals surface area contributed by atoms with Crippen LogP contribution in [-0.2, 0) is 0 Å². The van der Waals surface area contributed by atoms with Gasteiger partial charge in [0.1, 0.15) is 0 Å². The molecule has 0 aromatic rings. The molecule has 2 nitrogen and oxygen atoms in total. The number of aliphatic hydroxyl groups is 2. The zero-order valence-electron chi connectivity index (χ0n) is 11.3. The largest absolute Gasteiger partial charge is 0.396 e. The Balaban J connectivity index is 2.07. The minimum absolute atomic E-state index is 0.116. The summed E-state index contributed by atoms with van der Waals surface area (Å²) < 4.78 is 0. The fourth-order valence-electron chi connectivity index (χ4n) is 5.93. The zero-order chi connectivity index (χ0) is 12.4. The molecule has 0 radical (unpaired) electrons. The van der Waals surface area contributed by atoms with Gasteiger partial charge in [0.2, 0.25) is 0 Å². The molecule has 17 heavy (non-hydrogen) atoms. The third-order valence-electron chi connectivity index (χ3n) is 6.54. The molecule has 0 amide bonds. The lowest BCUT2D eigenvalue weighted by Gasteiger charge is -2.42. The van der Waals surface area contributed by atoms with E-state index in [2.05, 4.69) is 20.8 Å². The van der Waals surface area contributed by atoms with Crippen molar-refractivity contribution in [3.8, 4) is 0 Å². The van der Waals surface area contributed by atoms with Crippen LogP contribution in [-0.4, -0.2) is 22.9 Å². The van der Waals surface area contributed by atoms with Crippen molar-refractivity contribution < 1.29 is 10.2 Å². The topological polar surface area (TPSA) is 40.5 Å². The summed E-state index contributed by atoms with van der Waals surface area (Å²) in [7, 11) is 0. The van der Waals surface area contributed by atoms with Crippen LogP contribution in [0.5, 0.6) is 0 Å². The summed E-state index contributed by atoms with van der Waals surface area (Å²) >= 11 is 0. The molecule has 3 aliphatic carbocycles. The van der Waals surface area contributed by atoms with Crippen molar-refractivity contribution in [2.24, 2.45) is 34.5 Å². The van der Waals surface area contributed by atoms with E-state index in [0.29, 0.717) is 35.7 Å². The van der Waals surface area contributed by atoms with Crippen LogP contribution in [0.4, 0.5) is 0 Å². The normalized spacial score (nSPS) is 55.9. The van der Waals surface area contributed by atoms with E-state index in [-0.39, 0.29) is 11.5 Å². The van der Waals surface area contributed by atoms with Gasteiger partial charge < -0.3 is 10.2 Å². The molecule has 4 bridgehead atoms. The average molecular weight is 238 g/mol. The highest BCUT2D eigenvalue weighted by Crippen LogP contribution is 2.70. The predicted molar refractivity (Wildman–Crippen MR) is 67.4 cm³/mol. The van der Waals surface area contributed by atoms with Gasteiger partial charge in [-0.3, -0.25) is 0 Å². The Bertz CT molecular complexity index is 325. The maximum Gasteiger partial charge on any atom is 0.0579 e. The van der Waals surface area contributed by atoms with Crippen molar-refractivity contribution in [1.29, 1.82) is 0 Å². The molecule has 3 rings (SSSR count). The van der Waals surface area contributed by atoms with Crippen molar-refractivity contribution >= 4 is 0 Å². The van der Waals surface area contributed by atoms with Gasteiger partial charge in [-0.2, -0.15) is 0 Å². The van der Waals surface area contributed by atoms with E-state index >= 15 is 0 Å². The molecule has 3 fully saturated rings. The van der Waals surface area contributed by atoms with Crippen molar-refractivity contribution in [3.63, 3.8) is 0 Å². The highest BCUT2D eigenvalue weighted by molar-refractivity contribution is 5.15. The molecule has 6 atom stereocenters. The van der Waals surface area contributed by atoms with Gasteiger partial charge in [0.15, 0.2) is 0 Å². The average Bonchev–Trinajstić information content (AvgIpc) is 2.63. The first-order valence-corrected chi connectivity index (χ1v) is 7.21. The molecular weight excluding hydrogens is 212 g/mol. The van der Waals surface area contributed by atoms with Gasteiger partial charge in [-0.15, -0.1) is 0 Å². The van der Waals surface area contributed by atoms with Crippen LogP contribution in [0.3, 0.4) is 0 Å². The van der Waals surface area contributed by atoms with E-state index < -0.39 is 0 Å². The molecule has 0 aromatic heterocycles. The van der Waals surface area contributed by atoms with Crippen LogP contribution in [0.15, 0.2) is 0 Å². The Morgan fingerprint density at radius 3 is 2.47 bits per heavy atom. The Morgan fingerprint density at radius 2 is 1.82 bits per heavy atom. The molecule has 3 saturated carbocycles. The van der Waals surface area contributed by atoms with Crippen LogP contribution in [0.1, 0.15) is 46.5 Å². The smallest absolute Gasteiger partial charge is 0.0579 e. The molecule has 2 N–H and O–H groups in total. The van der Waals surface area contributed by atoms with Crippen molar-refractivity contribution in [3.05, 3.63) is 0 Å². The van der Waals surface area contributed by atoms with Crippen molar-refractivity contribution in [2.75, 3.05) is 6.61 Å². The SMILES string of the molecule is CC1(C)CCC[C@@]2(C)[C@H]3[C@@H]1[C@H](C[C@H]3O)[C@@H]2CO. The van der Waals surface area contributed by atoms with E-state index in [1.54, 1.807) is 0 Å². The first-order chi connectivity index (χ1) is 7.92. The van der Waals surface area contributed by atoms with E-state index in [1.807, 2.05) is 0 Å². The summed E-state index contributed by atoms with van der Waals surface area (Å²) in [6.45, 7) is 7.40. The zero-order valence-corrected chi connectivity index (χ0v) is 11.3. The lowest BCUT2D eigenvalue weighted by molar-refractivity contribution is -0.0313. The minimum atomic E-state index is -0.116. The van der Waals surface area contributed by atoms with Gasteiger partial charge in [0.25, 0.3) is 0 Å². The summed E-state index contributed by atoms with van der Waals surface area (Å²) in [5.74, 6) is 2.05. The summed E-state index contributed by atoms with van der Waals surface area (Å²) in [5.41, 5.74) is 0.532. The Kier molecular flexibility index (Phi) is 2.45. The maximum atomic E-state index is 10.4. The van der Waals surface area contributed by atoms with Gasteiger partial charge in [-0.1, -0.05) is 27.2 Å². The van der Waals surface area contributed by atoms with Crippen molar-refractivity contribution in [1.82, 2.24) is 0 Å². The predicted octanol–water partition coefficient (Wildman–Crippen LogP) is 2.44. The molecule has 0 aliphatic heterocycles. The fourth-order valence-corrected chi connectivity index (χ4v) is 5.93. The van der Waals surface area contributed by atoms with E-state index in [0.717, 1.165) is 6.42 Å². The highest BCUT2D eigenvalue weighted by atomic mass is 16.3. The second kappa shape index (κ2) is 3.48. The quantitative estimate of drug-likeness (QED) is 0.736. The summed E-state index contributed by atoms with van der Waals surface area (Å²) in [5, 5.41) is 20.1. The molecule has 0 spiro atoms. The molecule has 0 unspecified atom stereocenters. The molecular formula is C15H26O2. The molecule has 2 heteroatoms. The monoisotopic (exact) mass is 238 g/mol. The maximum absolute atomic E-state index is 10.4. The van der Waals surface area contributed by atoms with Crippen molar-refractivity contribution in [2.45, 2.75) is 52.6 Å². The van der Waals surface area contributed by atoms with Gasteiger partial charge in [-0.25, -0.2) is 0 Å². The van der Waals surface area contributed by atoms with Gasteiger partial charge in [0, 0.05) is 6.61 Å². The summed E-state index contributed by atoms with van der Waals surface area (Å²) in [6, 6.07) is 0. The Hall–Kier alpha value is -0.0800. The molecule has 0 saturated heterocycles. The number of hydrogen-bond acceptors (Lipinski definition) is 2. The van der Waals surface area contributed by atoms with Gasteiger partial charge in [-0.05, 0) is 53.8 Å². The highest BCUT2D eigenvalue weighted by Gasteiger charge is 2.67. The minimum Gasteiger partial charge on any atom is -0.396 e. The fraction of sp³-hybridized carbons (Fsp3) is 1.00. The molecule has 0 aromatic carbocycles. The molecule has 3 aliphatic rings. The van der Waals surface area contributed by atoms with Gasteiger partial charge in [0.05, 0.1) is 6.10 Å². The number of rotatable bonds is 1. The van der Waals surface area contributed by atoms with E-state index in [4.69, 9.17) is 0 Å². The third-order valence-corrected chi connectivity index (χ3v) is 6.54. The third kappa shape index (κ3) is 1.34. The first-order valence-electron chi connectivity index (χ1n) is 7.21. The molecule has 98 valence electrons. The van der Waals surface area contributed by atoms with Gasteiger partial charge >= 0.3 is 0 Å². The lowest BCUT2D eigenvalue weighted by Crippen LogP contribution is -2.41. The van der Waals surface area contributed by atoms with Crippen LogP contribution in [0.25, 0.3) is 0 Å². The lowest BCUT2D eigenvalue weighted by atomic mass is 9.64. The second-order valence-electron chi connectivity index (χ2n) is 7.66. The van der Waals surface area contributed by atoms with E-state index in [1.165, 1.54) is 19.3 Å². The van der Waals surface area contributed by atoms with Crippen LogP contribution < -0.4 is 0 Å². The van der Waals surface area contributed by atoms with Crippen LogP contribution >= 0.6 is 0 Å². The van der Waals surface area contributed by atoms with E-state index in [9.17, 15) is 10.2 Å². The van der Waals surface area contributed by atoms with Crippen LogP contribution in [0, 0.1) is 34.5 Å². The Morgan fingerprint density at radius 1 is 1.12 bits per heavy atom. The number of aliphatic hydroxyl groups excluding tert-OH is 2. The molecule has 0 heterocycles. The second-order valence-corrected chi connectivity index (χ2v) is 7.66. The standard InChI is InChI=1S/C15H26O2/c1-14(2)5-4-6-15(3)10(8-16)9-7-11(17)13(15)12(9)14/h9-13,16-17H,4-8H2,1-3H3/t9-,10+,11-,12+,13-,15-/m1/s1. The summed E-state index contributed by atoms with van der Waals surface area (Å²) in [6.07, 6.45) is 4.54.